The Morgan fingerprint density at radius 3 is 1.43 bits per heavy atom. The van der Waals surface area contributed by atoms with Gasteiger partial charge in [0.1, 0.15) is 24.6 Å². The van der Waals surface area contributed by atoms with Crippen LogP contribution in [0.15, 0.2) is 0 Å². The van der Waals surface area contributed by atoms with Crippen LogP contribution in [-0.4, -0.2) is 76.1 Å². The highest BCUT2D eigenvalue weighted by Gasteiger charge is 2.55. The monoisotopic (exact) mass is 372 g/mol. The number of halogens is 2. The normalized spacial score (nSPS) is 11.0. The Morgan fingerprint density at radius 2 is 1.22 bits per heavy atom. The van der Waals surface area contributed by atoms with Crippen LogP contribution in [0.1, 0.15) is 12.8 Å². The van der Waals surface area contributed by atoms with Crippen LogP contribution in [0.4, 0.5) is 0 Å². The third kappa shape index (κ3) is 5.79. The fourth-order valence-corrected chi connectivity index (χ4v) is 2.11. The van der Waals surface area contributed by atoms with Gasteiger partial charge in [0.25, 0.3) is 0 Å². The van der Waals surface area contributed by atoms with Crippen molar-refractivity contribution < 1.29 is 19.4 Å². The van der Waals surface area contributed by atoms with E-state index in [1.54, 1.807) is 0 Å². The van der Waals surface area contributed by atoms with Crippen LogP contribution in [0, 0.1) is 20.2 Å². The number of hydrogen-bond donors (Lipinski definition) is 0. The first-order chi connectivity index (χ1) is 10.6. The molecule has 0 aliphatic carbocycles. The summed E-state index contributed by atoms with van der Waals surface area (Å²) in [7, 11) is 2.69. The maximum atomic E-state index is 11.3. The van der Waals surface area contributed by atoms with Crippen LogP contribution in [0.5, 0.6) is 0 Å². The molecule has 0 aromatic heterocycles. The molecule has 0 heterocycles. The van der Waals surface area contributed by atoms with Crippen LogP contribution in [0.3, 0.4) is 0 Å². The Balaban J connectivity index is 5.11. The fraction of sp³-hybridized carbons (Fsp3) is 0.818. The Bertz CT molecular complexity index is 433. The average Bonchev–Trinajstić information content (AvgIpc) is 2.51. The number of alkyl halides is 2. The second-order valence-corrected chi connectivity index (χ2v) is 5.43. The van der Waals surface area contributed by atoms with E-state index in [4.69, 9.17) is 23.2 Å². The van der Waals surface area contributed by atoms with E-state index in [0.29, 0.717) is 0 Å². The Hall–Kier alpha value is -1.68. The van der Waals surface area contributed by atoms with E-state index in [2.05, 4.69) is 0 Å². The summed E-state index contributed by atoms with van der Waals surface area (Å²) in [6.07, 6.45) is -1.01. The summed E-state index contributed by atoms with van der Waals surface area (Å²) in [5, 5.41) is 22.5. The molecule has 0 aromatic carbocycles. The maximum Gasteiger partial charge on any atom is 0.461 e. The summed E-state index contributed by atoms with van der Waals surface area (Å²) in [6, 6.07) is 0. The van der Waals surface area contributed by atoms with Gasteiger partial charge in [-0.3, -0.25) is 29.8 Å². The van der Waals surface area contributed by atoms with Gasteiger partial charge in [0.2, 0.25) is 11.8 Å². The summed E-state index contributed by atoms with van der Waals surface area (Å²) in [5.41, 5.74) is -2.50. The van der Waals surface area contributed by atoms with Gasteiger partial charge in [-0.2, -0.15) is 0 Å². The molecule has 0 N–H and O–H groups in total. The van der Waals surface area contributed by atoms with Gasteiger partial charge in [-0.25, -0.2) is 0 Å². The largest absolute Gasteiger partial charge is 0.461 e. The fourth-order valence-electron chi connectivity index (χ4n) is 1.70. The van der Waals surface area contributed by atoms with Gasteiger partial charge < -0.3 is 9.80 Å². The SMILES string of the molecule is CN(CCC(CCN(C)C(=O)CCl)([N+](=O)[O-])[N+](=O)[O-])C(=O)CCl. The number of nitrogens with zero attached hydrogens (tertiary/aromatic N) is 4. The molecule has 0 rings (SSSR count). The summed E-state index contributed by atoms with van der Waals surface area (Å²) >= 11 is 10.7. The van der Waals surface area contributed by atoms with Crippen molar-refractivity contribution in [1.29, 1.82) is 0 Å². The summed E-state index contributed by atoms with van der Waals surface area (Å²) in [5.74, 6) is -1.65. The average molecular weight is 373 g/mol. The number of nitro groups is 2. The van der Waals surface area contributed by atoms with Crippen LogP contribution < -0.4 is 0 Å². The minimum atomic E-state index is -2.50. The summed E-state index contributed by atoms with van der Waals surface area (Å²) < 4.78 is 0. The molecule has 0 spiro atoms. The van der Waals surface area contributed by atoms with E-state index in [0.717, 1.165) is 9.80 Å². The van der Waals surface area contributed by atoms with Crippen molar-refractivity contribution in [3.8, 4) is 0 Å². The third-order valence-electron chi connectivity index (χ3n) is 3.46. The van der Waals surface area contributed by atoms with Crippen LogP contribution in [-0.2, 0) is 9.59 Å². The van der Waals surface area contributed by atoms with Gasteiger partial charge in [-0.05, 0) is 0 Å². The topological polar surface area (TPSA) is 127 Å². The molecule has 12 heteroatoms. The molecule has 0 fully saturated rings. The van der Waals surface area contributed by atoms with Gasteiger partial charge in [0, 0.05) is 27.2 Å². The van der Waals surface area contributed by atoms with Crippen molar-refractivity contribution in [2.75, 3.05) is 38.9 Å². The quantitative estimate of drug-likeness (QED) is 0.236. The Morgan fingerprint density at radius 1 is 0.913 bits per heavy atom. The first-order valence-corrected chi connectivity index (χ1v) is 7.58. The van der Waals surface area contributed by atoms with Gasteiger partial charge in [-0.1, -0.05) is 0 Å². The van der Waals surface area contributed by atoms with Crippen LogP contribution in [0.2, 0.25) is 0 Å². The minimum Gasteiger partial charge on any atom is -0.344 e. The highest BCUT2D eigenvalue weighted by molar-refractivity contribution is 6.27. The lowest BCUT2D eigenvalue weighted by atomic mass is 10.0. The lowest BCUT2D eigenvalue weighted by molar-refractivity contribution is -0.798. The van der Waals surface area contributed by atoms with Crippen molar-refractivity contribution >= 4 is 35.0 Å². The number of carbonyl (C=O) groups excluding carboxylic acids is 2. The zero-order valence-corrected chi connectivity index (χ0v) is 14.2. The van der Waals surface area contributed by atoms with Gasteiger partial charge in [0.05, 0.1) is 9.85 Å². The number of amides is 2. The van der Waals surface area contributed by atoms with Gasteiger partial charge in [-0.15, -0.1) is 23.2 Å². The van der Waals surface area contributed by atoms with E-state index in [-0.39, 0.29) is 24.8 Å². The molecule has 0 aliphatic heterocycles. The smallest absolute Gasteiger partial charge is 0.344 e. The number of hydrogen-bond acceptors (Lipinski definition) is 6. The second kappa shape index (κ2) is 9.46. The predicted octanol–water partition coefficient (Wildman–Crippen LogP) is 0.411. The highest BCUT2D eigenvalue weighted by atomic mass is 35.5. The van der Waals surface area contributed by atoms with Crippen molar-refractivity contribution in [3.63, 3.8) is 0 Å². The lowest BCUT2D eigenvalue weighted by Crippen LogP contribution is -2.51. The van der Waals surface area contributed by atoms with Crippen molar-refractivity contribution in [3.05, 3.63) is 20.2 Å². The predicted molar refractivity (Wildman–Crippen MR) is 82.7 cm³/mol. The molecule has 0 atom stereocenters. The molecule has 23 heavy (non-hydrogen) atoms. The van der Waals surface area contributed by atoms with E-state index >= 15 is 0 Å². The molecule has 2 amide bonds. The zero-order chi connectivity index (χ0) is 18.2. The van der Waals surface area contributed by atoms with Crippen molar-refractivity contribution in [2.45, 2.75) is 18.5 Å². The van der Waals surface area contributed by atoms with Crippen molar-refractivity contribution in [2.24, 2.45) is 0 Å². The number of rotatable bonds is 10. The number of carbonyl (C=O) groups is 2. The van der Waals surface area contributed by atoms with E-state index in [1.165, 1.54) is 14.1 Å². The highest BCUT2D eigenvalue weighted by Crippen LogP contribution is 2.22. The molecule has 0 saturated carbocycles. The molecule has 0 bridgehead atoms. The zero-order valence-electron chi connectivity index (χ0n) is 12.7. The Labute approximate surface area is 142 Å². The Kier molecular flexibility index (Phi) is 8.77. The summed E-state index contributed by atoms with van der Waals surface area (Å²) in [6.45, 7) is -0.415. The van der Waals surface area contributed by atoms with Crippen molar-refractivity contribution in [1.82, 2.24) is 9.80 Å². The molecule has 0 unspecified atom stereocenters. The molecule has 0 saturated heterocycles. The lowest BCUT2D eigenvalue weighted by Gasteiger charge is -2.23. The standard InChI is InChI=1S/C11H18Cl2N4O6/c1-14(9(18)7-12)5-3-11(16(20)21,17(22)23)4-6-15(2)10(19)8-13/h3-8H2,1-2H3. The molecule has 0 radical (unpaired) electrons. The third-order valence-corrected chi connectivity index (χ3v) is 3.91. The van der Waals surface area contributed by atoms with Crippen LogP contribution in [0.25, 0.3) is 0 Å². The van der Waals surface area contributed by atoms with Gasteiger partial charge in [0.15, 0.2) is 0 Å². The van der Waals surface area contributed by atoms with E-state index < -0.39 is 40.2 Å². The minimum absolute atomic E-state index is 0.208. The molecule has 0 aliphatic rings. The molecule has 132 valence electrons. The van der Waals surface area contributed by atoms with Gasteiger partial charge >= 0.3 is 5.66 Å². The second-order valence-electron chi connectivity index (χ2n) is 4.89. The van der Waals surface area contributed by atoms with E-state index in [9.17, 15) is 29.8 Å². The summed E-state index contributed by atoms with van der Waals surface area (Å²) in [4.78, 5) is 45.4. The molecule has 0 aromatic rings. The molecular formula is C11H18Cl2N4O6. The molecular weight excluding hydrogens is 355 g/mol. The maximum absolute atomic E-state index is 11.3. The molecule has 10 nitrogen and oxygen atoms in total. The first kappa shape index (κ1) is 21.3. The first-order valence-electron chi connectivity index (χ1n) is 6.51. The van der Waals surface area contributed by atoms with E-state index in [1.807, 2.05) is 0 Å². The van der Waals surface area contributed by atoms with Crippen LogP contribution >= 0.6 is 23.2 Å².